The Bertz CT molecular complexity index is 2000. The maximum atomic E-state index is 14.3. The third kappa shape index (κ3) is 7.67. The Morgan fingerprint density at radius 2 is 0.723 bits per heavy atom. The number of benzene rings is 4. The maximum Gasteiger partial charge on any atom is 0.256 e. The van der Waals surface area contributed by atoms with Gasteiger partial charge in [0.05, 0.1) is 25.6 Å². The van der Waals surface area contributed by atoms with Crippen LogP contribution in [0.4, 0.5) is 0 Å². The molecule has 252 valence electrons. The van der Waals surface area contributed by atoms with Gasteiger partial charge in [0.2, 0.25) is 0 Å². The van der Waals surface area contributed by atoms with Crippen molar-refractivity contribution >= 4 is 40.1 Å². The molecule has 0 amide bonds. The smallest absolute Gasteiger partial charge is 0.256 e. The van der Waals surface area contributed by atoms with Crippen LogP contribution in [0.1, 0.15) is 28.7 Å². The van der Waals surface area contributed by atoms with E-state index in [0.717, 1.165) is 0 Å². The molecule has 4 aromatic carbocycles. The molecule has 1 atom stereocenters. The second-order valence-electron chi connectivity index (χ2n) is 11.1. The van der Waals surface area contributed by atoms with Gasteiger partial charge in [-0.25, -0.2) is 33.7 Å². The molecule has 47 heavy (non-hydrogen) atoms. The number of aliphatic hydroxyl groups excluding tert-OH is 1. The average molecular weight is 721 g/mol. The van der Waals surface area contributed by atoms with Gasteiger partial charge in [0.15, 0.2) is 0 Å². The second kappa shape index (κ2) is 14.0. The van der Waals surface area contributed by atoms with Crippen molar-refractivity contribution in [3.63, 3.8) is 0 Å². The molecule has 1 unspecified atom stereocenters. The first kappa shape index (κ1) is 36.4. The predicted molar refractivity (Wildman–Crippen MR) is 177 cm³/mol. The van der Waals surface area contributed by atoms with Crippen LogP contribution in [0.2, 0.25) is 0 Å². The molecule has 4 aromatic rings. The molecule has 0 saturated heterocycles. The van der Waals surface area contributed by atoms with E-state index >= 15 is 0 Å². The Labute approximate surface area is 277 Å². The van der Waals surface area contributed by atoms with Crippen molar-refractivity contribution in [3.8, 4) is 0 Å². The molecule has 0 aliphatic rings. The summed E-state index contributed by atoms with van der Waals surface area (Å²) >= 11 is 0. The van der Waals surface area contributed by atoms with Crippen molar-refractivity contribution in [2.24, 2.45) is 0 Å². The lowest BCUT2D eigenvalue weighted by Gasteiger charge is -2.33. The Balaban J connectivity index is 2.00. The summed E-state index contributed by atoms with van der Waals surface area (Å²) in [6.45, 7) is 4.84. The normalized spacial score (nSPS) is 13.6. The number of sulfonamides is 4. The minimum absolute atomic E-state index is 0.109. The average Bonchev–Trinajstić information content (AvgIpc) is 3.00. The van der Waals surface area contributed by atoms with E-state index in [0.29, 0.717) is 22.3 Å². The van der Waals surface area contributed by atoms with Crippen molar-refractivity contribution in [1.29, 1.82) is 0 Å². The van der Waals surface area contributed by atoms with Crippen molar-refractivity contribution < 1.29 is 38.8 Å². The largest absolute Gasteiger partial charge is 0.396 e. The molecule has 0 fully saturated rings. The minimum atomic E-state index is -5.01. The predicted octanol–water partition coefficient (Wildman–Crippen LogP) is 4.13. The summed E-state index contributed by atoms with van der Waals surface area (Å²) in [5.74, 6) is 0. The zero-order valence-corrected chi connectivity index (χ0v) is 29.4. The maximum absolute atomic E-state index is 14.3. The number of hydrogen-bond acceptors (Lipinski definition) is 9. The Hall–Kier alpha value is -3.44. The van der Waals surface area contributed by atoms with Gasteiger partial charge >= 0.3 is 0 Å². The van der Waals surface area contributed by atoms with E-state index in [-0.39, 0.29) is 7.42 Å². The molecule has 0 radical (unpaired) electrons. The van der Waals surface area contributed by atoms with E-state index in [4.69, 9.17) is 0 Å². The summed E-state index contributed by atoms with van der Waals surface area (Å²) in [4.78, 5) is -1.71. The summed E-state index contributed by atoms with van der Waals surface area (Å²) in [5, 5.41) is 10.1. The summed E-state index contributed by atoms with van der Waals surface area (Å²) < 4.78 is 114. The van der Waals surface area contributed by atoms with E-state index < -0.39 is 85.3 Å². The fourth-order valence-corrected chi connectivity index (χ4v) is 12.5. The first-order chi connectivity index (χ1) is 21.9. The summed E-state index contributed by atoms with van der Waals surface area (Å²) in [5.41, 5.74) is 2.75. The minimum Gasteiger partial charge on any atom is -0.396 e. The van der Waals surface area contributed by atoms with Crippen molar-refractivity contribution in [2.45, 2.75) is 59.7 Å². The molecule has 0 aromatic heterocycles. The Morgan fingerprint density at radius 1 is 0.468 bits per heavy atom. The zero-order chi connectivity index (χ0) is 34.8. The van der Waals surface area contributed by atoms with Crippen molar-refractivity contribution in [2.75, 3.05) is 13.2 Å². The molecule has 0 spiro atoms. The Kier molecular flexibility index (Phi) is 10.8. The molecular formula is C32H36N2O9S4. The third-order valence-corrected chi connectivity index (χ3v) is 16.1. The van der Waals surface area contributed by atoms with Crippen LogP contribution in [0.15, 0.2) is 117 Å². The molecule has 11 nitrogen and oxygen atoms in total. The van der Waals surface area contributed by atoms with Crippen LogP contribution >= 0.6 is 0 Å². The van der Waals surface area contributed by atoms with Gasteiger partial charge in [-0.15, -0.1) is 0 Å². The van der Waals surface area contributed by atoms with E-state index in [1.54, 1.807) is 27.7 Å². The highest BCUT2D eigenvalue weighted by atomic mass is 32.3. The fraction of sp³-hybridized carbons (Fsp3) is 0.250. The number of aliphatic hydroxyl groups is 1. The van der Waals surface area contributed by atoms with E-state index in [9.17, 15) is 38.8 Å². The van der Waals surface area contributed by atoms with Gasteiger partial charge in [-0.3, -0.25) is 0 Å². The van der Waals surface area contributed by atoms with Gasteiger partial charge in [0.25, 0.3) is 40.1 Å². The van der Waals surface area contributed by atoms with E-state index in [1.165, 1.54) is 97.1 Å². The highest BCUT2D eigenvalue weighted by molar-refractivity contribution is 8.04. The van der Waals surface area contributed by atoms with E-state index in [1.807, 2.05) is 0 Å². The molecule has 15 heteroatoms. The first-order valence-electron chi connectivity index (χ1n) is 14.4. The van der Waals surface area contributed by atoms with Crippen LogP contribution in [-0.4, -0.2) is 65.4 Å². The highest BCUT2D eigenvalue weighted by Gasteiger charge is 2.46. The van der Waals surface area contributed by atoms with Gasteiger partial charge in [-0.2, -0.15) is 0 Å². The topological polar surface area (TPSA) is 163 Å². The molecule has 0 bridgehead atoms. The standard InChI is InChI=1S/C32H36N2O9S4/c1-24-5-13-29(14-6-24)44(36,37)33(45(38,39)30-15-7-25(2)8-16-30)23-28(21-22-35)34(46(40,41)31-17-9-26(3)10-18-31)47(42,43)32-19-11-27(4)12-20-32/h5-20,28,35H,21-23H2,1-4H3. The first-order valence-corrected chi connectivity index (χ1v) is 20.1. The quantitative estimate of drug-likeness (QED) is 0.214. The van der Waals surface area contributed by atoms with Crippen LogP contribution in [0, 0.1) is 27.7 Å². The second-order valence-corrected chi connectivity index (χ2v) is 18.9. The van der Waals surface area contributed by atoms with Crippen LogP contribution in [0.25, 0.3) is 0 Å². The van der Waals surface area contributed by atoms with Gasteiger partial charge in [-0.05, 0) is 82.6 Å². The lowest BCUT2D eigenvalue weighted by atomic mass is 10.2. The summed E-state index contributed by atoms with van der Waals surface area (Å²) in [7, 11) is -20.0. The number of aryl methyl sites for hydroxylation is 4. The number of rotatable bonds is 13. The molecule has 0 saturated carbocycles. The SMILES string of the molecule is Cc1ccc(S(=O)(=O)N(CC(CCO)N(S(=O)(=O)c2ccc(C)cc2)S(=O)(=O)c2ccc(C)cc2)S(=O)(=O)c2ccc(C)cc2)cc1. The zero-order valence-electron chi connectivity index (χ0n) is 26.2. The molecular weight excluding hydrogens is 685 g/mol. The third-order valence-electron chi connectivity index (χ3n) is 7.41. The summed E-state index contributed by atoms with van der Waals surface area (Å²) in [6.07, 6.45) is -0.639. The number of hydrogen-bond donors (Lipinski definition) is 1. The van der Waals surface area contributed by atoms with Gasteiger partial charge in [0, 0.05) is 13.2 Å². The van der Waals surface area contributed by atoms with Crippen LogP contribution in [0.5, 0.6) is 0 Å². The van der Waals surface area contributed by atoms with Gasteiger partial charge < -0.3 is 5.11 Å². The lowest BCUT2D eigenvalue weighted by Crippen LogP contribution is -2.52. The van der Waals surface area contributed by atoms with Gasteiger partial charge in [0.1, 0.15) is 0 Å². The van der Waals surface area contributed by atoms with Crippen LogP contribution in [0.3, 0.4) is 0 Å². The number of nitrogens with zero attached hydrogens (tertiary/aromatic N) is 2. The van der Waals surface area contributed by atoms with Gasteiger partial charge in [-0.1, -0.05) is 78.2 Å². The fourth-order valence-electron chi connectivity index (χ4n) is 4.72. The van der Waals surface area contributed by atoms with Crippen molar-refractivity contribution in [1.82, 2.24) is 7.42 Å². The molecule has 0 aliphatic heterocycles. The molecule has 1 N–H and O–H groups in total. The monoisotopic (exact) mass is 720 g/mol. The lowest BCUT2D eigenvalue weighted by molar-refractivity contribution is 0.246. The molecule has 0 aliphatic carbocycles. The highest BCUT2D eigenvalue weighted by Crippen LogP contribution is 2.32. The van der Waals surface area contributed by atoms with E-state index in [2.05, 4.69) is 0 Å². The van der Waals surface area contributed by atoms with Crippen molar-refractivity contribution in [3.05, 3.63) is 119 Å². The summed E-state index contributed by atoms with van der Waals surface area (Å²) in [6, 6.07) is 19.4. The molecule has 0 heterocycles. The van der Waals surface area contributed by atoms with Crippen LogP contribution < -0.4 is 0 Å². The molecule has 4 rings (SSSR count). The van der Waals surface area contributed by atoms with Crippen LogP contribution in [-0.2, 0) is 40.1 Å². The Morgan fingerprint density at radius 3 is 0.979 bits per heavy atom.